The fraction of sp³-hybridized carbons (Fsp3) is 0.538. The van der Waals surface area contributed by atoms with E-state index >= 15 is 0 Å². The molecular weight excluding hydrogens is 295 g/mol. The van der Waals surface area contributed by atoms with Gasteiger partial charge in [0.2, 0.25) is 0 Å². The van der Waals surface area contributed by atoms with Crippen molar-refractivity contribution in [2.75, 3.05) is 29.5 Å². The van der Waals surface area contributed by atoms with E-state index in [1.165, 1.54) is 12.1 Å². The number of alkyl halides is 4. The van der Waals surface area contributed by atoms with Crippen LogP contribution < -0.4 is 4.90 Å². The number of halogens is 4. The molecule has 19 heavy (non-hydrogen) atoms. The Kier molecular flexibility index (Phi) is 4.90. The molecule has 1 nitrogen and oxygen atoms in total. The van der Waals surface area contributed by atoms with E-state index < -0.39 is 11.7 Å². The van der Waals surface area contributed by atoms with Crippen LogP contribution in [0.2, 0.25) is 0 Å². The molecule has 0 N–H and O–H groups in total. The summed E-state index contributed by atoms with van der Waals surface area (Å²) >= 11 is 7.43. The van der Waals surface area contributed by atoms with Crippen LogP contribution in [0.4, 0.5) is 18.9 Å². The van der Waals surface area contributed by atoms with Gasteiger partial charge in [-0.05, 0) is 29.9 Å². The maximum atomic E-state index is 13.0. The Labute approximate surface area is 120 Å². The average Bonchev–Trinajstić information content (AvgIpc) is 2.66. The highest BCUT2D eigenvalue weighted by Crippen LogP contribution is 2.35. The second-order valence-electron chi connectivity index (χ2n) is 4.43. The maximum absolute atomic E-state index is 13.0. The first-order valence-electron chi connectivity index (χ1n) is 6.11. The molecule has 0 amide bonds. The summed E-state index contributed by atoms with van der Waals surface area (Å²) < 4.78 is 38.9. The minimum absolute atomic E-state index is 0.120. The van der Waals surface area contributed by atoms with Crippen LogP contribution in [0.3, 0.4) is 0 Å². The molecule has 6 heteroatoms. The normalized spacial score (nSPS) is 17.4. The van der Waals surface area contributed by atoms with Gasteiger partial charge in [-0.3, -0.25) is 0 Å². The molecule has 1 aliphatic heterocycles. The first-order valence-corrected chi connectivity index (χ1v) is 7.80. The van der Waals surface area contributed by atoms with Gasteiger partial charge >= 0.3 is 6.18 Å². The third-order valence-corrected chi connectivity index (χ3v) is 4.47. The van der Waals surface area contributed by atoms with Crippen molar-refractivity contribution in [1.82, 2.24) is 0 Å². The predicted molar refractivity (Wildman–Crippen MR) is 75.2 cm³/mol. The number of benzene rings is 1. The van der Waals surface area contributed by atoms with E-state index in [-0.39, 0.29) is 11.4 Å². The quantitative estimate of drug-likeness (QED) is 0.746. The zero-order valence-corrected chi connectivity index (χ0v) is 11.9. The highest BCUT2D eigenvalue weighted by molar-refractivity contribution is 7.99. The zero-order valence-electron chi connectivity index (χ0n) is 10.3. The number of hydrogen-bond donors (Lipinski definition) is 0. The number of anilines is 1. The van der Waals surface area contributed by atoms with E-state index in [1.54, 1.807) is 6.07 Å². The van der Waals surface area contributed by atoms with E-state index in [0.717, 1.165) is 31.0 Å². The standard InChI is InChI=1S/C13H15ClF3NS/c14-9-10-2-3-11(8-12(10)13(15,16)17)18-4-1-6-19-7-5-18/h2-3,8H,1,4-7,9H2. The van der Waals surface area contributed by atoms with Crippen LogP contribution in [0, 0.1) is 0 Å². The Hall–Kier alpha value is -0.550. The topological polar surface area (TPSA) is 3.24 Å². The maximum Gasteiger partial charge on any atom is 0.416 e. The van der Waals surface area contributed by atoms with Gasteiger partial charge in [0.15, 0.2) is 0 Å². The number of hydrogen-bond acceptors (Lipinski definition) is 2. The Morgan fingerprint density at radius 3 is 2.68 bits per heavy atom. The molecule has 0 unspecified atom stereocenters. The highest BCUT2D eigenvalue weighted by Gasteiger charge is 2.33. The number of rotatable bonds is 2. The minimum atomic E-state index is -4.35. The van der Waals surface area contributed by atoms with Crippen molar-refractivity contribution in [2.24, 2.45) is 0 Å². The first kappa shape index (κ1) is 14.9. The molecule has 1 aliphatic rings. The molecule has 106 valence electrons. The zero-order chi connectivity index (χ0) is 13.9. The summed E-state index contributed by atoms with van der Waals surface area (Å²) in [5, 5.41) is 0. The van der Waals surface area contributed by atoms with Crippen molar-refractivity contribution in [2.45, 2.75) is 18.5 Å². The molecule has 1 saturated heterocycles. The van der Waals surface area contributed by atoms with Crippen molar-refractivity contribution >= 4 is 29.1 Å². The minimum Gasteiger partial charge on any atom is -0.371 e. The predicted octanol–water partition coefficient (Wildman–Crippen LogP) is 4.39. The van der Waals surface area contributed by atoms with Crippen LogP contribution >= 0.6 is 23.4 Å². The highest BCUT2D eigenvalue weighted by atomic mass is 35.5. The average molecular weight is 310 g/mol. The number of thioether (sulfide) groups is 1. The van der Waals surface area contributed by atoms with Crippen LogP contribution in [0.15, 0.2) is 18.2 Å². The molecule has 1 aromatic rings. The van der Waals surface area contributed by atoms with Gasteiger partial charge < -0.3 is 4.90 Å². The molecule has 0 bridgehead atoms. The Morgan fingerprint density at radius 1 is 1.21 bits per heavy atom. The van der Waals surface area contributed by atoms with Crippen molar-refractivity contribution in [3.8, 4) is 0 Å². The summed E-state index contributed by atoms with van der Waals surface area (Å²) in [6, 6.07) is 4.46. The largest absolute Gasteiger partial charge is 0.416 e. The van der Waals surface area contributed by atoms with Crippen LogP contribution in [0.25, 0.3) is 0 Å². The van der Waals surface area contributed by atoms with Crippen molar-refractivity contribution in [1.29, 1.82) is 0 Å². The van der Waals surface area contributed by atoms with E-state index in [2.05, 4.69) is 0 Å². The van der Waals surface area contributed by atoms with Gasteiger partial charge in [-0.2, -0.15) is 24.9 Å². The molecule has 0 aromatic heterocycles. The van der Waals surface area contributed by atoms with Gasteiger partial charge in [0.25, 0.3) is 0 Å². The third kappa shape index (κ3) is 3.72. The lowest BCUT2D eigenvalue weighted by Gasteiger charge is -2.24. The summed E-state index contributed by atoms with van der Waals surface area (Å²) in [6.07, 6.45) is -3.34. The molecule has 1 heterocycles. The summed E-state index contributed by atoms with van der Waals surface area (Å²) in [6.45, 7) is 1.60. The lowest BCUT2D eigenvalue weighted by Crippen LogP contribution is -2.26. The fourth-order valence-corrected chi connectivity index (χ4v) is 3.27. The van der Waals surface area contributed by atoms with Crippen LogP contribution in [-0.4, -0.2) is 24.6 Å². The van der Waals surface area contributed by atoms with Crippen molar-refractivity contribution in [3.05, 3.63) is 29.3 Å². The molecule has 0 radical (unpaired) electrons. The van der Waals surface area contributed by atoms with Crippen LogP contribution in [0.1, 0.15) is 17.5 Å². The number of nitrogens with zero attached hydrogens (tertiary/aromatic N) is 1. The molecule has 2 rings (SSSR count). The van der Waals surface area contributed by atoms with Crippen LogP contribution in [0.5, 0.6) is 0 Å². The van der Waals surface area contributed by atoms with Gasteiger partial charge in [0, 0.05) is 30.4 Å². The second kappa shape index (κ2) is 6.27. The smallest absolute Gasteiger partial charge is 0.371 e. The monoisotopic (exact) mass is 309 g/mol. The SMILES string of the molecule is FC(F)(F)c1cc(N2CCCSCC2)ccc1CCl. The second-order valence-corrected chi connectivity index (χ2v) is 5.92. The fourth-order valence-electron chi connectivity index (χ4n) is 2.15. The third-order valence-electron chi connectivity index (χ3n) is 3.13. The van der Waals surface area contributed by atoms with Gasteiger partial charge in [-0.25, -0.2) is 0 Å². The van der Waals surface area contributed by atoms with Gasteiger partial charge in [-0.1, -0.05) is 6.07 Å². The summed E-state index contributed by atoms with van der Waals surface area (Å²) in [4.78, 5) is 2.02. The molecule has 0 aliphatic carbocycles. The van der Waals surface area contributed by atoms with E-state index in [1.807, 2.05) is 16.7 Å². The van der Waals surface area contributed by atoms with Gasteiger partial charge in [-0.15, -0.1) is 11.6 Å². The lowest BCUT2D eigenvalue weighted by molar-refractivity contribution is -0.138. The Balaban J connectivity index is 2.31. The summed E-state index contributed by atoms with van der Waals surface area (Å²) in [7, 11) is 0. The molecule has 0 saturated carbocycles. The van der Waals surface area contributed by atoms with Crippen molar-refractivity contribution < 1.29 is 13.2 Å². The van der Waals surface area contributed by atoms with E-state index in [0.29, 0.717) is 5.69 Å². The van der Waals surface area contributed by atoms with E-state index in [9.17, 15) is 13.2 Å². The summed E-state index contributed by atoms with van der Waals surface area (Å²) in [5.74, 6) is 1.91. The van der Waals surface area contributed by atoms with Gasteiger partial charge in [0.1, 0.15) is 0 Å². The molecule has 1 aromatic carbocycles. The Bertz CT molecular complexity index is 428. The van der Waals surface area contributed by atoms with E-state index in [4.69, 9.17) is 11.6 Å². The summed E-state index contributed by atoms with van der Waals surface area (Å²) in [5.41, 5.74) is 0.169. The lowest BCUT2D eigenvalue weighted by atomic mass is 10.1. The van der Waals surface area contributed by atoms with Crippen molar-refractivity contribution in [3.63, 3.8) is 0 Å². The molecular formula is C13H15ClF3NS. The molecule has 0 spiro atoms. The first-order chi connectivity index (χ1) is 9.02. The van der Waals surface area contributed by atoms with Crippen LogP contribution in [-0.2, 0) is 12.1 Å². The molecule has 0 atom stereocenters. The van der Waals surface area contributed by atoms with Gasteiger partial charge in [0.05, 0.1) is 5.56 Å². The molecule has 1 fully saturated rings. The Morgan fingerprint density at radius 2 is 2.00 bits per heavy atom.